The highest BCUT2D eigenvalue weighted by Gasteiger charge is 2.29. The maximum atomic E-state index is 5.73. The van der Waals surface area contributed by atoms with Crippen LogP contribution < -0.4 is 5.32 Å². The molecule has 4 heteroatoms. The fourth-order valence-electron chi connectivity index (χ4n) is 3.17. The average molecular weight is 304 g/mol. The predicted molar refractivity (Wildman–Crippen MR) is 88.5 cm³/mol. The molecule has 0 radical (unpaired) electrons. The van der Waals surface area contributed by atoms with Crippen molar-refractivity contribution in [2.24, 2.45) is 0 Å². The lowest BCUT2D eigenvalue weighted by Gasteiger charge is -2.35. The minimum Gasteiger partial charge on any atom is -0.378 e. The zero-order chi connectivity index (χ0) is 13.5. The van der Waals surface area contributed by atoms with E-state index in [0.29, 0.717) is 12.1 Å². The second-order valence-electron chi connectivity index (χ2n) is 5.64. The highest BCUT2D eigenvalue weighted by atomic mass is 32.2. The van der Waals surface area contributed by atoms with Crippen LogP contribution >= 0.6 is 23.5 Å². The molecule has 112 valence electrons. The largest absolute Gasteiger partial charge is 0.378 e. The lowest BCUT2D eigenvalue weighted by molar-refractivity contribution is 0.101. The van der Waals surface area contributed by atoms with E-state index in [4.69, 9.17) is 4.74 Å². The minimum absolute atomic E-state index is 0.563. The van der Waals surface area contributed by atoms with Gasteiger partial charge in [0.05, 0.1) is 6.10 Å². The number of rotatable bonds is 7. The molecule has 2 rings (SSSR count). The molecule has 2 fully saturated rings. The van der Waals surface area contributed by atoms with Crippen LogP contribution in [0.5, 0.6) is 0 Å². The van der Waals surface area contributed by atoms with Crippen molar-refractivity contribution in [1.82, 2.24) is 5.32 Å². The third-order valence-corrected chi connectivity index (χ3v) is 7.42. The first-order valence-electron chi connectivity index (χ1n) is 7.89. The van der Waals surface area contributed by atoms with E-state index in [1.165, 1.54) is 43.6 Å². The molecule has 2 saturated heterocycles. The Morgan fingerprint density at radius 3 is 2.84 bits per heavy atom. The van der Waals surface area contributed by atoms with Crippen LogP contribution in [0.4, 0.5) is 0 Å². The van der Waals surface area contributed by atoms with E-state index in [1.54, 1.807) is 0 Å². The minimum atomic E-state index is 0.563. The van der Waals surface area contributed by atoms with Crippen LogP contribution in [0.25, 0.3) is 0 Å². The molecular weight excluding hydrogens is 274 g/mol. The summed E-state index contributed by atoms with van der Waals surface area (Å²) in [7, 11) is 0. The van der Waals surface area contributed by atoms with Gasteiger partial charge in [-0.25, -0.2) is 0 Å². The maximum absolute atomic E-state index is 5.73. The Balaban J connectivity index is 1.74. The normalized spacial score (nSPS) is 33.5. The van der Waals surface area contributed by atoms with Gasteiger partial charge in [0.25, 0.3) is 0 Å². The van der Waals surface area contributed by atoms with Gasteiger partial charge in [0.15, 0.2) is 0 Å². The molecular formula is C15H29NOS2. The smallest absolute Gasteiger partial charge is 0.0576 e. The van der Waals surface area contributed by atoms with E-state index in [1.807, 2.05) is 0 Å². The molecule has 0 bridgehead atoms. The fourth-order valence-corrected chi connectivity index (χ4v) is 6.17. The predicted octanol–water partition coefficient (Wildman–Crippen LogP) is 3.55. The Morgan fingerprint density at radius 2 is 2.16 bits per heavy atom. The first-order valence-corrected chi connectivity index (χ1v) is 9.99. The van der Waals surface area contributed by atoms with Crippen molar-refractivity contribution in [3.8, 4) is 0 Å². The van der Waals surface area contributed by atoms with E-state index in [-0.39, 0.29) is 0 Å². The summed E-state index contributed by atoms with van der Waals surface area (Å²) in [5.41, 5.74) is 0. The lowest BCUT2D eigenvalue weighted by atomic mass is 10.0. The highest BCUT2D eigenvalue weighted by molar-refractivity contribution is 8.07. The first kappa shape index (κ1) is 16.0. The number of ether oxygens (including phenoxy) is 1. The van der Waals surface area contributed by atoms with E-state index in [9.17, 15) is 0 Å². The van der Waals surface area contributed by atoms with Gasteiger partial charge in [-0.3, -0.25) is 0 Å². The van der Waals surface area contributed by atoms with Crippen LogP contribution in [-0.2, 0) is 4.74 Å². The van der Waals surface area contributed by atoms with Crippen molar-refractivity contribution in [3.63, 3.8) is 0 Å². The van der Waals surface area contributed by atoms with Crippen molar-refractivity contribution in [2.75, 3.05) is 24.7 Å². The molecule has 19 heavy (non-hydrogen) atoms. The second-order valence-corrected chi connectivity index (χ2v) is 8.41. The summed E-state index contributed by atoms with van der Waals surface area (Å²) in [6, 6.07) is 0.694. The van der Waals surface area contributed by atoms with Crippen molar-refractivity contribution >= 4 is 23.5 Å². The van der Waals surface area contributed by atoms with Crippen molar-refractivity contribution in [3.05, 3.63) is 0 Å². The summed E-state index contributed by atoms with van der Waals surface area (Å²) >= 11 is 4.34. The van der Waals surface area contributed by atoms with Gasteiger partial charge in [0.1, 0.15) is 0 Å². The molecule has 2 heterocycles. The molecule has 1 N–H and O–H groups in total. The molecule has 2 aliphatic rings. The summed E-state index contributed by atoms with van der Waals surface area (Å²) in [6.45, 7) is 6.73. The van der Waals surface area contributed by atoms with Crippen LogP contribution in [0.3, 0.4) is 0 Å². The van der Waals surface area contributed by atoms with Gasteiger partial charge in [0, 0.05) is 34.7 Å². The van der Waals surface area contributed by atoms with E-state index >= 15 is 0 Å². The Labute approximate surface area is 127 Å². The maximum Gasteiger partial charge on any atom is 0.0576 e. The highest BCUT2D eigenvalue weighted by Crippen LogP contribution is 2.34. The molecule has 0 aromatic heterocycles. The zero-order valence-corrected chi connectivity index (χ0v) is 14.0. The Kier molecular flexibility index (Phi) is 7.42. The molecule has 4 atom stereocenters. The van der Waals surface area contributed by atoms with Gasteiger partial charge < -0.3 is 10.1 Å². The van der Waals surface area contributed by atoms with Crippen molar-refractivity contribution in [1.29, 1.82) is 0 Å². The van der Waals surface area contributed by atoms with Gasteiger partial charge in [-0.1, -0.05) is 13.8 Å². The molecule has 0 saturated carbocycles. The molecule has 2 nitrogen and oxygen atoms in total. The molecule has 0 aromatic rings. The standard InChI is InChI=1S/C15H29NOS2/c1-3-16-14(15-12(2)18-10-11-19-15)8-4-6-13-7-5-9-17-13/h12-16H,3-11H2,1-2H3. The van der Waals surface area contributed by atoms with E-state index in [2.05, 4.69) is 42.7 Å². The van der Waals surface area contributed by atoms with Crippen molar-refractivity contribution < 1.29 is 4.74 Å². The van der Waals surface area contributed by atoms with Crippen LogP contribution in [0.2, 0.25) is 0 Å². The van der Waals surface area contributed by atoms with Gasteiger partial charge >= 0.3 is 0 Å². The molecule has 0 aliphatic carbocycles. The molecule has 0 aromatic carbocycles. The lowest BCUT2D eigenvalue weighted by Crippen LogP contribution is -2.44. The molecule has 0 spiro atoms. The fraction of sp³-hybridized carbons (Fsp3) is 1.00. The Hall–Kier alpha value is 0.620. The molecule has 0 amide bonds. The summed E-state index contributed by atoms with van der Waals surface area (Å²) < 4.78 is 5.73. The molecule has 2 aliphatic heterocycles. The monoisotopic (exact) mass is 303 g/mol. The van der Waals surface area contributed by atoms with Gasteiger partial charge in [-0.2, -0.15) is 23.5 Å². The second kappa shape index (κ2) is 8.81. The SMILES string of the molecule is CCNC(CCCC1CCCO1)C1SCCSC1C. The topological polar surface area (TPSA) is 21.3 Å². The zero-order valence-electron chi connectivity index (χ0n) is 12.4. The van der Waals surface area contributed by atoms with Crippen LogP contribution in [0.1, 0.15) is 46.0 Å². The van der Waals surface area contributed by atoms with Crippen LogP contribution in [0.15, 0.2) is 0 Å². The van der Waals surface area contributed by atoms with Gasteiger partial charge in [-0.15, -0.1) is 0 Å². The van der Waals surface area contributed by atoms with E-state index < -0.39 is 0 Å². The summed E-state index contributed by atoms with van der Waals surface area (Å²) in [5.74, 6) is 2.66. The van der Waals surface area contributed by atoms with Crippen LogP contribution in [0, 0.1) is 0 Å². The third-order valence-electron chi connectivity index (χ3n) is 4.17. The number of hydrogen-bond acceptors (Lipinski definition) is 4. The van der Waals surface area contributed by atoms with E-state index in [0.717, 1.165) is 23.7 Å². The summed E-state index contributed by atoms with van der Waals surface area (Å²) in [5, 5.41) is 5.32. The first-order chi connectivity index (χ1) is 9.31. The number of hydrogen-bond donors (Lipinski definition) is 1. The Morgan fingerprint density at radius 1 is 1.32 bits per heavy atom. The summed E-state index contributed by atoms with van der Waals surface area (Å²) in [6.07, 6.45) is 7.02. The van der Waals surface area contributed by atoms with Gasteiger partial charge in [-0.05, 0) is 38.6 Å². The quantitative estimate of drug-likeness (QED) is 0.776. The van der Waals surface area contributed by atoms with Crippen molar-refractivity contribution in [2.45, 2.75) is 68.6 Å². The van der Waals surface area contributed by atoms with Gasteiger partial charge in [0.2, 0.25) is 0 Å². The molecule has 4 unspecified atom stereocenters. The number of thioether (sulfide) groups is 2. The third kappa shape index (κ3) is 5.14. The number of nitrogens with one attached hydrogen (secondary N) is 1. The summed E-state index contributed by atoms with van der Waals surface area (Å²) in [4.78, 5) is 0. The van der Waals surface area contributed by atoms with Crippen LogP contribution in [-0.4, -0.2) is 47.3 Å². The average Bonchev–Trinajstić information content (AvgIpc) is 2.92. The Bertz CT molecular complexity index is 246.